The van der Waals surface area contributed by atoms with E-state index in [1.807, 2.05) is 38.1 Å². The minimum Gasteiger partial charge on any atom is -0.456 e. The van der Waals surface area contributed by atoms with Crippen molar-refractivity contribution in [2.24, 2.45) is 4.99 Å². The van der Waals surface area contributed by atoms with Crippen LogP contribution in [0.5, 0.6) is 0 Å². The van der Waals surface area contributed by atoms with Crippen LogP contribution in [0.15, 0.2) is 65.8 Å². The molecule has 0 amide bonds. The van der Waals surface area contributed by atoms with E-state index in [1.54, 1.807) is 41.4 Å². The van der Waals surface area contributed by atoms with Gasteiger partial charge in [0.25, 0.3) is 0 Å². The molecule has 1 fully saturated rings. The number of aliphatic hydroxyl groups excluding tert-OH is 2. The Kier molecular flexibility index (Phi) is 7.20. The van der Waals surface area contributed by atoms with Crippen LogP contribution in [0.3, 0.4) is 0 Å². The zero-order chi connectivity index (χ0) is 23.4. The van der Waals surface area contributed by atoms with Gasteiger partial charge in [0.1, 0.15) is 18.4 Å². The number of carbonyl (C=O) groups is 1. The van der Waals surface area contributed by atoms with E-state index >= 15 is 0 Å². The number of esters is 1. The Morgan fingerprint density at radius 3 is 2.48 bits per heavy atom. The molecule has 0 saturated carbocycles. The summed E-state index contributed by atoms with van der Waals surface area (Å²) in [6, 6.07) is 14.5. The molecule has 0 radical (unpaired) electrons. The highest BCUT2D eigenvalue weighted by Crippen LogP contribution is 2.30. The van der Waals surface area contributed by atoms with E-state index in [9.17, 15) is 15.0 Å². The van der Waals surface area contributed by atoms with Crippen LogP contribution in [-0.4, -0.2) is 58.7 Å². The first-order valence-electron chi connectivity index (χ1n) is 10.9. The Hall–Kier alpha value is -3.04. The molecular weight excluding hydrogens is 424 g/mol. The van der Waals surface area contributed by atoms with E-state index in [0.717, 1.165) is 11.1 Å². The van der Waals surface area contributed by atoms with Crippen LogP contribution < -0.4 is 0 Å². The molecular formula is C25H28N2O6. The van der Waals surface area contributed by atoms with Crippen LogP contribution in [0.25, 0.3) is 0 Å². The molecule has 2 aromatic rings. The first kappa shape index (κ1) is 23.1. The molecule has 2 heterocycles. The highest BCUT2D eigenvalue weighted by Gasteiger charge is 2.42. The molecule has 2 unspecified atom stereocenters. The lowest BCUT2D eigenvalue weighted by atomic mass is 10.1. The number of aliphatic hydroxyl groups is 2. The van der Waals surface area contributed by atoms with Gasteiger partial charge in [-0.05, 0) is 32.1 Å². The fraction of sp³-hybridized carbons (Fsp3) is 0.360. The van der Waals surface area contributed by atoms with Crippen LogP contribution in [0.4, 0.5) is 0 Å². The maximum Gasteiger partial charge on any atom is 0.338 e. The number of carbonyl (C=O) groups excluding carboxylic acids is 1. The fourth-order valence-corrected chi connectivity index (χ4v) is 3.73. The minimum absolute atomic E-state index is 0.00565. The summed E-state index contributed by atoms with van der Waals surface area (Å²) >= 11 is 0. The molecule has 5 atom stereocenters. The summed E-state index contributed by atoms with van der Waals surface area (Å²) in [5.74, 6) is -0.471. The molecule has 2 aliphatic heterocycles. The molecule has 0 spiro atoms. The maximum absolute atomic E-state index is 12.7. The normalized spacial score (nSPS) is 25.3. The van der Waals surface area contributed by atoms with Crippen molar-refractivity contribution >= 4 is 12.2 Å². The Morgan fingerprint density at radius 1 is 1.15 bits per heavy atom. The average molecular weight is 453 g/mol. The van der Waals surface area contributed by atoms with E-state index in [1.165, 1.54) is 6.21 Å². The summed E-state index contributed by atoms with van der Waals surface area (Å²) in [5.41, 5.74) is 3.17. The Bertz CT molecular complexity index is 1000. The smallest absolute Gasteiger partial charge is 0.338 e. The molecule has 33 heavy (non-hydrogen) atoms. The molecule has 0 aromatic heterocycles. The number of hydrogen-bond donors (Lipinski definition) is 2. The molecule has 8 nitrogen and oxygen atoms in total. The molecule has 174 valence electrons. The summed E-state index contributed by atoms with van der Waals surface area (Å²) in [6.07, 6.45) is 1.08. The van der Waals surface area contributed by atoms with Gasteiger partial charge in [-0.2, -0.15) is 0 Å². The van der Waals surface area contributed by atoms with Crippen molar-refractivity contribution in [2.45, 2.75) is 51.3 Å². The Labute approximate surface area is 192 Å². The van der Waals surface area contributed by atoms with Gasteiger partial charge in [-0.1, -0.05) is 47.5 Å². The largest absolute Gasteiger partial charge is 0.456 e. The number of hydrogen-bond acceptors (Lipinski definition) is 8. The minimum atomic E-state index is -1.15. The molecule has 0 aliphatic carbocycles. The van der Waals surface area contributed by atoms with E-state index in [-0.39, 0.29) is 6.61 Å². The van der Waals surface area contributed by atoms with Crippen LogP contribution >= 0.6 is 0 Å². The molecule has 1 saturated heterocycles. The summed E-state index contributed by atoms with van der Waals surface area (Å²) in [4.78, 5) is 18.2. The maximum atomic E-state index is 12.7. The van der Waals surface area contributed by atoms with Crippen LogP contribution in [-0.2, 0) is 14.2 Å². The lowest BCUT2D eigenvalue weighted by Crippen LogP contribution is -2.40. The van der Waals surface area contributed by atoms with Gasteiger partial charge in [-0.15, -0.1) is 0 Å². The predicted octanol–water partition coefficient (Wildman–Crippen LogP) is 2.83. The third kappa shape index (κ3) is 5.66. The van der Waals surface area contributed by atoms with E-state index in [0.29, 0.717) is 17.5 Å². The van der Waals surface area contributed by atoms with Gasteiger partial charge >= 0.3 is 5.97 Å². The quantitative estimate of drug-likeness (QED) is 0.492. The summed E-state index contributed by atoms with van der Waals surface area (Å²) in [5, 5.41) is 20.6. The van der Waals surface area contributed by atoms with Gasteiger partial charge in [0, 0.05) is 24.4 Å². The number of nitrogens with zero attached hydrogens (tertiary/aromatic N) is 2. The van der Waals surface area contributed by atoms with Crippen molar-refractivity contribution in [3.8, 4) is 0 Å². The highest BCUT2D eigenvalue weighted by atomic mass is 16.6. The van der Waals surface area contributed by atoms with Crippen LogP contribution in [0, 0.1) is 13.8 Å². The zero-order valence-corrected chi connectivity index (χ0v) is 18.6. The topological polar surface area (TPSA) is 101 Å². The second-order valence-corrected chi connectivity index (χ2v) is 8.20. The predicted molar refractivity (Wildman–Crippen MR) is 121 cm³/mol. The summed E-state index contributed by atoms with van der Waals surface area (Å²) in [7, 11) is 0. The second kappa shape index (κ2) is 10.3. The molecule has 2 aromatic carbocycles. The third-order valence-corrected chi connectivity index (χ3v) is 5.67. The molecule has 2 N–H and O–H groups in total. The zero-order valence-electron chi connectivity index (χ0n) is 18.6. The van der Waals surface area contributed by atoms with Crippen molar-refractivity contribution in [2.75, 3.05) is 6.61 Å². The number of aliphatic imine (C=N–C) groups is 1. The Balaban J connectivity index is 1.45. The Morgan fingerprint density at radius 2 is 1.82 bits per heavy atom. The van der Waals surface area contributed by atoms with Crippen molar-refractivity contribution in [3.05, 3.63) is 83.1 Å². The molecule has 4 rings (SSSR count). The molecule has 8 heteroatoms. The van der Waals surface area contributed by atoms with Crippen molar-refractivity contribution in [3.63, 3.8) is 0 Å². The number of rotatable bonds is 7. The number of benzene rings is 2. The van der Waals surface area contributed by atoms with Gasteiger partial charge < -0.3 is 29.3 Å². The molecule has 0 bridgehead atoms. The average Bonchev–Trinajstić information content (AvgIpc) is 3.21. The lowest BCUT2D eigenvalue weighted by molar-refractivity contribution is -0.159. The van der Waals surface area contributed by atoms with Gasteiger partial charge in [0.2, 0.25) is 6.35 Å². The van der Waals surface area contributed by atoms with Crippen molar-refractivity contribution in [1.29, 1.82) is 0 Å². The first-order chi connectivity index (χ1) is 15.9. The van der Waals surface area contributed by atoms with E-state index < -0.39 is 37.0 Å². The van der Waals surface area contributed by atoms with Crippen LogP contribution in [0.2, 0.25) is 0 Å². The van der Waals surface area contributed by atoms with Crippen molar-refractivity contribution in [1.82, 2.24) is 4.90 Å². The van der Waals surface area contributed by atoms with Gasteiger partial charge in [-0.25, -0.2) is 9.79 Å². The third-order valence-electron chi connectivity index (χ3n) is 5.67. The van der Waals surface area contributed by atoms with Gasteiger partial charge in [-0.3, -0.25) is 0 Å². The molecule has 2 aliphatic rings. The highest BCUT2D eigenvalue weighted by molar-refractivity contribution is 5.89. The number of allylic oxidation sites excluding steroid dienone is 1. The van der Waals surface area contributed by atoms with Gasteiger partial charge in [0.05, 0.1) is 12.2 Å². The van der Waals surface area contributed by atoms with Crippen LogP contribution in [0.1, 0.15) is 39.8 Å². The SMILES string of the molecule is Cc1ccc(C(=O)O[C@H]2C[C@H](N3C=CC=NC3O)O[C@@H]2COC(O)c2ccc(C)cc2)cc1. The van der Waals surface area contributed by atoms with Gasteiger partial charge in [0.15, 0.2) is 6.29 Å². The number of ether oxygens (including phenoxy) is 3. The summed E-state index contributed by atoms with van der Waals surface area (Å²) < 4.78 is 17.5. The first-order valence-corrected chi connectivity index (χ1v) is 10.9. The van der Waals surface area contributed by atoms with E-state index in [2.05, 4.69) is 4.99 Å². The summed E-state index contributed by atoms with van der Waals surface area (Å²) in [6.45, 7) is 3.90. The standard InChI is InChI=1S/C25H28N2O6/c1-16-4-8-18(9-5-16)23(28)31-15-21-20(33-24(29)19-10-6-17(2)7-11-19)14-22(32-21)27-13-3-12-26-25(27)30/h3-13,20-23,25,28,30H,14-15H2,1-2H3/t20-,21+,22+,23?,25?/m0/s1. The number of aryl methyl sites for hydroxylation is 2. The lowest BCUT2D eigenvalue weighted by Gasteiger charge is -2.30. The van der Waals surface area contributed by atoms with E-state index in [4.69, 9.17) is 14.2 Å². The fourth-order valence-electron chi connectivity index (χ4n) is 3.73. The monoisotopic (exact) mass is 452 g/mol. The van der Waals surface area contributed by atoms with Crippen molar-refractivity contribution < 1.29 is 29.2 Å². The second-order valence-electron chi connectivity index (χ2n) is 8.20.